The fourth-order valence-corrected chi connectivity index (χ4v) is 5.08. The number of hydrogen-bond acceptors (Lipinski definition) is 4. The van der Waals surface area contributed by atoms with Gasteiger partial charge in [-0.2, -0.15) is 0 Å². The minimum Gasteiger partial charge on any atom is -0.373 e. The summed E-state index contributed by atoms with van der Waals surface area (Å²) in [5, 5.41) is 4.22. The molecular formula is C19H22N2O2S. The van der Waals surface area contributed by atoms with Gasteiger partial charge in [0.1, 0.15) is 0 Å². The number of rotatable bonds is 3. The van der Waals surface area contributed by atoms with Gasteiger partial charge in [0.05, 0.1) is 17.0 Å². The summed E-state index contributed by atoms with van der Waals surface area (Å²) in [5.74, 6) is -0.0734. The van der Waals surface area contributed by atoms with Gasteiger partial charge in [-0.1, -0.05) is 6.07 Å². The molecule has 2 atom stereocenters. The molecule has 1 amide bonds. The van der Waals surface area contributed by atoms with E-state index in [1.165, 1.54) is 28.8 Å². The van der Waals surface area contributed by atoms with Gasteiger partial charge in [0.25, 0.3) is 0 Å². The Bertz CT molecular complexity index is 741. The standard InChI is InChI=1S/C19H22N2O2S/c1-12-14-6-2-3-7-16(14)24-19(12)21-18(22)15-8-10-23-17(15)13-5-4-9-20-11-13/h4-5,9,11,15,17H,2-3,6-8,10H2,1H3,(H,21,22)/t15-,17+/m0/s1. The van der Waals surface area contributed by atoms with Gasteiger partial charge in [0, 0.05) is 23.9 Å². The maximum Gasteiger partial charge on any atom is 0.231 e. The predicted octanol–water partition coefficient (Wildman–Crippen LogP) is 4.05. The van der Waals surface area contributed by atoms with Crippen molar-refractivity contribution < 1.29 is 9.53 Å². The highest BCUT2D eigenvalue weighted by Crippen LogP contribution is 2.39. The summed E-state index contributed by atoms with van der Waals surface area (Å²) in [4.78, 5) is 18.5. The second kappa shape index (κ2) is 6.65. The molecule has 5 heteroatoms. The van der Waals surface area contributed by atoms with Crippen molar-refractivity contribution in [3.8, 4) is 0 Å². The third-order valence-electron chi connectivity index (χ3n) is 5.11. The van der Waals surface area contributed by atoms with Crippen LogP contribution in [0.1, 0.15) is 46.9 Å². The Labute approximate surface area is 146 Å². The van der Waals surface area contributed by atoms with Crippen LogP contribution in [-0.2, 0) is 22.4 Å². The molecule has 1 aliphatic heterocycles. The zero-order chi connectivity index (χ0) is 16.5. The Balaban J connectivity index is 1.53. The monoisotopic (exact) mass is 342 g/mol. The zero-order valence-electron chi connectivity index (χ0n) is 13.9. The smallest absolute Gasteiger partial charge is 0.231 e. The quantitative estimate of drug-likeness (QED) is 0.915. The molecular weight excluding hydrogens is 320 g/mol. The third kappa shape index (κ3) is 2.87. The molecule has 24 heavy (non-hydrogen) atoms. The maximum absolute atomic E-state index is 12.9. The van der Waals surface area contributed by atoms with Gasteiger partial charge in [-0.05, 0) is 61.8 Å². The van der Waals surface area contributed by atoms with Crippen molar-refractivity contribution in [2.45, 2.75) is 45.1 Å². The molecule has 2 aliphatic rings. The average molecular weight is 342 g/mol. The highest BCUT2D eigenvalue weighted by molar-refractivity contribution is 7.16. The van der Waals surface area contributed by atoms with Gasteiger partial charge >= 0.3 is 0 Å². The van der Waals surface area contributed by atoms with Crippen LogP contribution in [-0.4, -0.2) is 17.5 Å². The largest absolute Gasteiger partial charge is 0.373 e. The molecule has 2 aromatic rings. The molecule has 0 aromatic carbocycles. The fraction of sp³-hybridized carbons (Fsp3) is 0.474. The molecule has 3 heterocycles. The van der Waals surface area contributed by atoms with Crippen molar-refractivity contribution in [2.75, 3.05) is 11.9 Å². The molecule has 0 spiro atoms. The van der Waals surface area contributed by atoms with Gasteiger partial charge in [-0.3, -0.25) is 9.78 Å². The molecule has 0 radical (unpaired) electrons. The Hall–Kier alpha value is -1.72. The summed E-state index contributed by atoms with van der Waals surface area (Å²) >= 11 is 1.76. The number of nitrogens with one attached hydrogen (secondary N) is 1. The van der Waals surface area contributed by atoms with Gasteiger partial charge in [0.2, 0.25) is 5.91 Å². The van der Waals surface area contributed by atoms with E-state index in [1.54, 1.807) is 23.7 Å². The Morgan fingerprint density at radius 2 is 2.25 bits per heavy atom. The average Bonchev–Trinajstić information content (AvgIpc) is 3.22. The first-order valence-electron chi connectivity index (χ1n) is 8.67. The first-order valence-corrected chi connectivity index (χ1v) is 9.49. The molecule has 0 bridgehead atoms. The highest BCUT2D eigenvalue weighted by Gasteiger charge is 2.36. The molecule has 1 fully saturated rings. The minimum absolute atomic E-state index is 0.0723. The highest BCUT2D eigenvalue weighted by atomic mass is 32.1. The molecule has 0 unspecified atom stereocenters. The lowest BCUT2D eigenvalue weighted by molar-refractivity contribution is -0.121. The molecule has 1 saturated heterocycles. The van der Waals surface area contributed by atoms with Crippen molar-refractivity contribution in [1.82, 2.24) is 4.98 Å². The van der Waals surface area contributed by atoms with Gasteiger partial charge in [-0.15, -0.1) is 11.3 Å². The van der Waals surface area contributed by atoms with Gasteiger partial charge in [-0.25, -0.2) is 0 Å². The van der Waals surface area contributed by atoms with E-state index in [1.807, 2.05) is 12.1 Å². The van der Waals surface area contributed by atoms with Crippen LogP contribution in [0.3, 0.4) is 0 Å². The van der Waals surface area contributed by atoms with Crippen LogP contribution in [0.4, 0.5) is 5.00 Å². The minimum atomic E-state index is -0.186. The number of fused-ring (bicyclic) bond motifs is 1. The Morgan fingerprint density at radius 1 is 1.38 bits per heavy atom. The molecule has 1 N–H and O–H groups in total. The van der Waals surface area contributed by atoms with Crippen LogP contribution in [0.25, 0.3) is 0 Å². The summed E-state index contributed by atoms with van der Waals surface area (Å²) < 4.78 is 5.82. The normalized spacial score (nSPS) is 23.0. The van der Waals surface area contributed by atoms with Crippen LogP contribution >= 0.6 is 11.3 Å². The lowest BCUT2D eigenvalue weighted by Gasteiger charge is -2.18. The number of hydrogen-bond donors (Lipinski definition) is 1. The molecule has 0 saturated carbocycles. The number of anilines is 1. The van der Waals surface area contributed by atoms with E-state index in [9.17, 15) is 4.79 Å². The van der Waals surface area contributed by atoms with Crippen molar-refractivity contribution in [3.05, 3.63) is 46.1 Å². The third-order valence-corrected chi connectivity index (χ3v) is 6.42. The zero-order valence-corrected chi connectivity index (χ0v) is 14.7. The summed E-state index contributed by atoms with van der Waals surface area (Å²) in [5.41, 5.74) is 3.71. The number of pyridine rings is 1. The fourth-order valence-electron chi connectivity index (χ4n) is 3.78. The number of amides is 1. The SMILES string of the molecule is Cc1c(NC(=O)[C@H]2CCO[C@@H]2c2cccnc2)sc2c1CCCC2. The summed E-state index contributed by atoms with van der Waals surface area (Å²) in [6.07, 6.45) is 8.94. The number of nitrogens with zero attached hydrogens (tertiary/aromatic N) is 1. The first-order chi connectivity index (χ1) is 11.7. The molecule has 126 valence electrons. The van der Waals surface area contributed by atoms with Gasteiger partial charge in [0.15, 0.2) is 0 Å². The summed E-state index contributed by atoms with van der Waals surface area (Å²) in [6.45, 7) is 2.76. The molecule has 1 aliphatic carbocycles. The summed E-state index contributed by atoms with van der Waals surface area (Å²) in [7, 11) is 0. The number of aromatic nitrogens is 1. The Morgan fingerprint density at radius 3 is 3.04 bits per heavy atom. The van der Waals surface area contributed by atoms with Crippen LogP contribution in [0, 0.1) is 12.8 Å². The topological polar surface area (TPSA) is 51.2 Å². The van der Waals surface area contributed by atoms with Crippen molar-refractivity contribution >= 4 is 22.2 Å². The van der Waals surface area contributed by atoms with Crippen molar-refractivity contribution in [3.63, 3.8) is 0 Å². The number of thiophene rings is 1. The number of carbonyl (C=O) groups excluding carboxylic acids is 1. The maximum atomic E-state index is 12.9. The van der Waals surface area contributed by atoms with E-state index in [0.717, 1.165) is 29.8 Å². The van der Waals surface area contributed by atoms with Crippen LogP contribution in [0.2, 0.25) is 0 Å². The second-order valence-corrected chi connectivity index (χ2v) is 7.73. The van der Waals surface area contributed by atoms with E-state index < -0.39 is 0 Å². The lowest BCUT2D eigenvalue weighted by atomic mass is 9.95. The van der Waals surface area contributed by atoms with E-state index in [-0.39, 0.29) is 17.9 Å². The lowest BCUT2D eigenvalue weighted by Crippen LogP contribution is -2.25. The van der Waals surface area contributed by atoms with Crippen molar-refractivity contribution in [1.29, 1.82) is 0 Å². The first kappa shape index (κ1) is 15.8. The molecule has 2 aromatic heterocycles. The predicted molar refractivity (Wildman–Crippen MR) is 95.4 cm³/mol. The number of carbonyl (C=O) groups is 1. The Kier molecular flexibility index (Phi) is 4.37. The second-order valence-electron chi connectivity index (χ2n) is 6.63. The number of ether oxygens (including phenoxy) is 1. The van der Waals surface area contributed by atoms with E-state index in [2.05, 4.69) is 17.2 Å². The van der Waals surface area contributed by atoms with E-state index >= 15 is 0 Å². The van der Waals surface area contributed by atoms with E-state index in [0.29, 0.717) is 6.61 Å². The van der Waals surface area contributed by atoms with Crippen LogP contribution in [0.5, 0.6) is 0 Å². The summed E-state index contributed by atoms with van der Waals surface area (Å²) in [6, 6.07) is 3.88. The van der Waals surface area contributed by atoms with E-state index in [4.69, 9.17) is 4.74 Å². The molecule has 4 nitrogen and oxygen atoms in total. The number of aryl methyl sites for hydroxylation is 1. The van der Waals surface area contributed by atoms with Crippen LogP contribution < -0.4 is 5.32 Å². The van der Waals surface area contributed by atoms with Crippen molar-refractivity contribution in [2.24, 2.45) is 5.92 Å². The van der Waals surface area contributed by atoms with Gasteiger partial charge < -0.3 is 10.1 Å². The van der Waals surface area contributed by atoms with Crippen LogP contribution in [0.15, 0.2) is 24.5 Å². The molecule has 4 rings (SSSR count).